The largest absolute Gasteiger partial charge is 0.416 e. The van der Waals surface area contributed by atoms with Crippen LogP contribution in [0.5, 0.6) is 0 Å². The monoisotopic (exact) mass is 368 g/mol. The molecule has 0 unspecified atom stereocenters. The minimum Gasteiger partial charge on any atom is -0.345 e. The van der Waals surface area contributed by atoms with Gasteiger partial charge in [0.1, 0.15) is 0 Å². The lowest BCUT2D eigenvalue weighted by Gasteiger charge is -2.06. The van der Waals surface area contributed by atoms with Crippen LogP contribution < -0.4 is 5.32 Å². The van der Waals surface area contributed by atoms with Crippen molar-refractivity contribution in [1.82, 2.24) is 10.3 Å². The van der Waals surface area contributed by atoms with Crippen molar-refractivity contribution in [1.29, 1.82) is 0 Å². The Bertz CT molecular complexity index is 1030. The van der Waals surface area contributed by atoms with Crippen LogP contribution in [0.1, 0.15) is 16.7 Å². The number of nitrogens with one attached hydrogen (secondary N) is 1. The Morgan fingerprint density at radius 2 is 1.85 bits per heavy atom. The van der Waals surface area contributed by atoms with Crippen LogP contribution in [-0.2, 0) is 17.4 Å². The summed E-state index contributed by atoms with van der Waals surface area (Å²) >= 11 is 0. The van der Waals surface area contributed by atoms with Gasteiger partial charge in [0.2, 0.25) is 5.91 Å². The number of hydrogen-bond donors (Lipinski definition) is 1. The molecule has 136 valence electrons. The molecule has 1 heterocycles. The number of carbonyl (C=O) groups is 1. The van der Waals surface area contributed by atoms with Crippen molar-refractivity contribution in [2.45, 2.75) is 12.6 Å². The fourth-order valence-corrected chi connectivity index (χ4v) is 2.61. The van der Waals surface area contributed by atoms with Gasteiger partial charge in [-0.1, -0.05) is 42.2 Å². The first kappa shape index (κ1) is 18.5. The molecule has 0 saturated heterocycles. The summed E-state index contributed by atoms with van der Waals surface area (Å²) in [4.78, 5) is 16.4. The number of alkyl halides is 3. The lowest BCUT2D eigenvalue weighted by atomic mass is 10.1. The van der Waals surface area contributed by atoms with Gasteiger partial charge >= 0.3 is 6.18 Å². The first-order chi connectivity index (χ1) is 12.9. The van der Waals surface area contributed by atoms with E-state index in [1.165, 1.54) is 12.1 Å². The summed E-state index contributed by atoms with van der Waals surface area (Å²) in [5, 5.41) is 3.60. The number of pyridine rings is 1. The molecule has 3 aromatic rings. The number of benzene rings is 2. The average Bonchev–Trinajstić information content (AvgIpc) is 2.65. The predicted molar refractivity (Wildman–Crippen MR) is 96.8 cm³/mol. The molecular weight excluding hydrogens is 353 g/mol. The Morgan fingerprint density at radius 1 is 1.07 bits per heavy atom. The summed E-state index contributed by atoms with van der Waals surface area (Å²) in [6, 6.07) is 14.1. The van der Waals surface area contributed by atoms with Crippen molar-refractivity contribution in [2.24, 2.45) is 0 Å². The van der Waals surface area contributed by atoms with Gasteiger partial charge in [0.25, 0.3) is 0 Å². The van der Waals surface area contributed by atoms with Crippen molar-refractivity contribution in [3.05, 3.63) is 77.5 Å². The highest BCUT2D eigenvalue weighted by Gasteiger charge is 2.30. The number of nitrogens with zero attached hydrogens (tertiary/aromatic N) is 1. The third kappa shape index (κ3) is 4.85. The lowest BCUT2D eigenvalue weighted by molar-refractivity contribution is -0.137. The van der Waals surface area contributed by atoms with E-state index in [9.17, 15) is 18.0 Å². The Hall–Kier alpha value is -3.33. The zero-order valence-electron chi connectivity index (χ0n) is 14.2. The Labute approximate surface area is 154 Å². The molecule has 6 heteroatoms. The molecule has 2 aromatic carbocycles. The standard InChI is InChI=1S/C21H15F3N2O/c22-21(23,24)18-10-1-5-15(13-18)6-3-11-25-19(27)14-17-8-2-7-16-9-4-12-26-20(16)17/h1-2,4-5,7-10,12-13H,11,14H2,(H,25,27). The average molecular weight is 368 g/mol. The molecule has 0 fully saturated rings. The number of amides is 1. The van der Waals surface area contributed by atoms with E-state index in [4.69, 9.17) is 0 Å². The maximum Gasteiger partial charge on any atom is 0.416 e. The summed E-state index contributed by atoms with van der Waals surface area (Å²) < 4.78 is 38.0. The van der Waals surface area contributed by atoms with Crippen LogP contribution in [-0.4, -0.2) is 17.4 Å². The zero-order chi connectivity index (χ0) is 19.3. The second-order valence-electron chi connectivity index (χ2n) is 5.83. The highest BCUT2D eigenvalue weighted by atomic mass is 19.4. The van der Waals surface area contributed by atoms with Crippen LogP contribution >= 0.6 is 0 Å². The summed E-state index contributed by atoms with van der Waals surface area (Å²) in [6.45, 7) is 0.0489. The summed E-state index contributed by atoms with van der Waals surface area (Å²) in [7, 11) is 0. The van der Waals surface area contributed by atoms with Crippen LogP contribution in [0.4, 0.5) is 13.2 Å². The number of carbonyl (C=O) groups excluding carboxylic acids is 1. The van der Waals surface area contributed by atoms with E-state index >= 15 is 0 Å². The minimum absolute atomic E-state index is 0.0489. The van der Waals surface area contributed by atoms with Gasteiger partial charge in [-0.3, -0.25) is 9.78 Å². The SMILES string of the molecule is O=C(Cc1cccc2cccnc12)NCC#Cc1cccc(C(F)(F)F)c1. The molecule has 3 rings (SSSR count). The number of rotatable bonds is 3. The van der Waals surface area contributed by atoms with E-state index in [-0.39, 0.29) is 24.4 Å². The molecule has 0 bridgehead atoms. The molecule has 3 nitrogen and oxygen atoms in total. The number of halogens is 3. The van der Waals surface area contributed by atoms with Gasteiger partial charge in [-0.2, -0.15) is 13.2 Å². The van der Waals surface area contributed by atoms with E-state index in [2.05, 4.69) is 22.1 Å². The zero-order valence-corrected chi connectivity index (χ0v) is 14.2. The van der Waals surface area contributed by atoms with Crippen molar-refractivity contribution in [3.8, 4) is 11.8 Å². The van der Waals surface area contributed by atoms with Crippen molar-refractivity contribution in [3.63, 3.8) is 0 Å². The second-order valence-corrected chi connectivity index (χ2v) is 5.83. The van der Waals surface area contributed by atoms with Gasteiger partial charge in [0.15, 0.2) is 0 Å². The molecule has 1 aromatic heterocycles. The molecule has 27 heavy (non-hydrogen) atoms. The Balaban J connectivity index is 1.60. The van der Waals surface area contributed by atoms with Crippen molar-refractivity contribution >= 4 is 16.8 Å². The quantitative estimate of drug-likeness (QED) is 0.711. The molecular formula is C21H15F3N2O. The maximum atomic E-state index is 12.7. The van der Waals surface area contributed by atoms with Crippen molar-refractivity contribution in [2.75, 3.05) is 6.54 Å². The van der Waals surface area contributed by atoms with Crippen LogP contribution in [0.15, 0.2) is 60.8 Å². The second kappa shape index (κ2) is 7.92. The number of aromatic nitrogens is 1. The maximum absolute atomic E-state index is 12.7. The number of hydrogen-bond acceptors (Lipinski definition) is 2. The summed E-state index contributed by atoms with van der Waals surface area (Å²) in [5.74, 6) is 5.07. The molecule has 1 N–H and O–H groups in total. The van der Waals surface area contributed by atoms with Crippen molar-refractivity contribution < 1.29 is 18.0 Å². The molecule has 0 atom stereocenters. The third-order valence-corrected chi connectivity index (χ3v) is 3.86. The van der Waals surface area contributed by atoms with Gasteiger partial charge in [-0.15, -0.1) is 0 Å². The number of para-hydroxylation sites is 1. The molecule has 0 aliphatic heterocycles. The fraction of sp³-hybridized carbons (Fsp3) is 0.143. The Kier molecular flexibility index (Phi) is 5.41. The normalized spacial score (nSPS) is 10.9. The van der Waals surface area contributed by atoms with E-state index in [1.807, 2.05) is 30.3 Å². The molecule has 0 radical (unpaired) electrons. The molecule has 0 aliphatic carbocycles. The predicted octanol–water partition coefficient (Wildman–Crippen LogP) is 3.96. The van der Waals surface area contributed by atoms with Gasteiger partial charge < -0.3 is 5.32 Å². The van der Waals surface area contributed by atoms with Gasteiger partial charge in [0.05, 0.1) is 24.0 Å². The molecule has 1 amide bonds. The third-order valence-electron chi connectivity index (χ3n) is 3.86. The van der Waals surface area contributed by atoms with Gasteiger partial charge in [0, 0.05) is 17.1 Å². The van der Waals surface area contributed by atoms with Crippen LogP contribution in [0.25, 0.3) is 10.9 Å². The Morgan fingerprint density at radius 3 is 2.67 bits per heavy atom. The fourth-order valence-electron chi connectivity index (χ4n) is 2.61. The van der Waals surface area contributed by atoms with Crippen LogP contribution in [0, 0.1) is 11.8 Å². The van der Waals surface area contributed by atoms with E-state index in [1.54, 1.807) is 6.20 Å². The molecule has 0 saturated carbocycles. The summed E-state index contributed by atoms with van der Waals surface area (Å²) in [5.41, 5.74) is 1.07. The van der Waals surface area contributed by atoms with E-state index in [0.717, 1.165) is 28.6 Å². The van der Waals surface area contributed by atoms with E-state index < -0.39 is 11.7 Å². The molecule has 0 aliphatic rings. The summed E-state index contributed by atoms with van der Waals surface area (Å²) in [6.07, 6.45) is -2.58. The smallest absolute Gasteiger partial charge is 0.345 e. The topological polar surface area (TPSA) is 42.0 Å². The van der Waals surface area contributed by atoms with Gasteiger partial charge in [-0.25, -0.2) is 0 Å². The first-order valence-corrected chi connectivity index (χ1v) is 8.19. The minimum atomic E-state index is -4.40. The highest BCUT2D eigenvalue weighted by molar-refractivity contribution is 5.87. The molecule has 0 spiro atoms. The number of fused-ring (bicyclic) bond motifs is 1. The highest BCUT2D eigenvalue weighted by Crippen LogP contribution is 2.29. The van der Waals surface area contributed by atoms with Crippen LogP contribution in [0.3, 0.4) is 0 Å². The van der Waals surface area contributed by atoms with E-state index in [0.29, 0.717) is 0 Å². The van der Waals surface area contributed by atoms with Crippen LogP contribution in [0.2, 0.25) is 0 Å². The first-order valence-electron chi connectivity index (χ1n) is 8.19. The lowest BCUT2D eigenvalue weighted by Crippen LogP contribution is -2.25. The van der Waals surface area contributed by atoms with Gasteiger partial charge in [-0.05, 0) is 29.8 Å².